The average molecular weight is 1360 g/mol. The number of hydrogen-bond acceptors (Lipinski definition) is 5. The van der Waals surface area contributed by atoms with Crippen LogP contribution in [0.2, 0.25) is 0 Å². The molecule has 3 nitrogen and oxygen atoms in total. The molecule has 3 heterocycles. The van der Waals surface area contributed by atoms with Gasteiger partial charge >= 0.3 is 0 Å². The number of thiophene rings is 2. The Balaban J connectivity index is 0.631. The van der Waals surface area contributed by atoms with Crippen LogP contribution >= 0.6 is 22.7 Å². The van der Waals surface area contributed by atoms with Gasteiger partial charge in [-0.05, 0) is 242 Å². The molecule has 103 heavy (non-hydrogen) atoms. The second kappa shape index (κ2) is 21.6. The van der Waals surface area contributed by atoms with Crippen molar-refractivity contribution in [2.45, 2.75) is 77.0 Å². The summed E-state index contributed by atoms with van der Waals surface area (Å²) in [5, 5.41) is 14.5. The highest BCUT2D eigenvalue weighted by atomic mass is 32.1. The molecule has 0 unspecified atom stereocenters. The molecule has 3 aromatic heterocycles. The van der Waals surface area contributed by atoms with E-state index in [0.29, 0.717) is 11.8 Å². The van der Waals surface area contributed by atoms with Crippen molar-refractivity contribution in [3.8, 4) is 134 Å². The molecule has 0 radical (unpaired) electrons. The second-order valence-electron chi connectivity index (χ2n) is 31.2. The standard InChI is InChI=1S/C98H70N2OS2/c1-95(2)81-21-13-9-17-67(81)71-39-33-61(51-85(71)95)59-37-43-89-77(45-59)79-49-65(63-35-41-73-69-19-11-15-23-83(69)97(5,6)87(73)53-63)47-75(91(79)102-89)55-25-29-57(30-26-55)93-99-100-94(101-93)58-31-27-56(28-32-58)76-48-66(64-36-42-74-70-20-12-16-24-84(70)98(7,8)88(74)54-64)50-80-78-46-60(38-44-90(78)103-92(76)80)62-34-40-72-68-18-10-14-22-82(68)96(3,4)86(72)52-62/h9-54H,1-8H3. The van der Waals surface area contributed by atoms with Crippen LogP contribution in [0.25, 0.3) is 175 Å². The molecule has 0 atom stereocenters. The maximum Gasteiger partial charge on any atom is 0.248 e. The summed E-state index contributed by atoms with van der Waals surface area (Å²) in [4.78, 5) is 0. The summed E-state index contributed by atoms with van der Waals surface area (Å²) in [5.74, 6) is 0.959. The smallest absolute Gasteiger partial charge is 0.248 e. The van der Waals surface area contributed by atoms with Gasteiger partial charge in [0.15, 0.2) is 0 Å². The zero-order chi connectivity index (χ0) is 69.2. The molecule has 0 amide bonds. The SMILES string of the molecule is CC1(C)c2ccccc2-c2ccc(-c3ccc4sc5c(-c6ccc(-c7nnc(-c8ccc(-c9cc(-c%10ccc%11c(c%10)C(C)(C)c%10ccccc%10-%11)cc%10c9sc9ccc(-c%11ccc%12c(c%11)C(C)(C)c%11ccccc%11-%12)cc9%10)cc8)o7)cc6)cc(-c6ccc7c(c6)C(C)(C)c6ccccc6-7)cc5c4c3)cc21. The van der Waals surface area contributed by atoms with Crippen LogP contribution < -0.4 is 0 Å². The van der Waals surface area contributed by atoms with E-state index in [1.165, 1.54) is 185 Å². The minimum absolute atomic E-state index is 0.0867. The zero-order valence-electron chi connectivity index (χ0n) is 58.7. The highest BCUT2D eigenvalue weighted by Gasteiger charge is 2.39. The molecule has 0 saturated carbocycles. The van der Waals surface area contributed by atoms with Crippen molar-refractivity contribution in [3.63, 3.8) is 0 Å². The normalized spacial score (nSPS) is 14.9. The van der Waals surface area contributed by atoms with E-state index in [-0.39, 0.29) is 21.7 Å². The van der Waals surface area contributed by atoms with Crippen molar-refractivity contribution in [3.05, 3.63) is 324 Å². The van der Waals surface area contributed by atoms with Crippen LogP contribution in [0.3, 0.4) is 0 Å². The van der Waals surface area contributed by atoms with E-state index in [2.05, 4.69) is 334 Å². The van der Waals surface area contributed by atoms with E-state index >= 15 is 0 Å². The van der Waals surface area contributed by atoms with Gasteiger partial charge in [0, 0.05) is 84.3 Å². The van der Waals surface area contributed by atoms with E-state index in [1.807, 2.05) is 22.7 Å². The van der Waals surface area contributed by atoms with Gasteiger partial charge in [0.05, 0.1) is 0 Å². The van der Waals surface area contributed by atoms with E-state index in [1.54, 1.807) is 0 Å². The third-order valence-electron chi connectivity index (χ3n) is 24.1. The minimum Gasteiger partial charge on any atom is -0.416 e. The lowest BCUT2D eigenvalue weighted by Crippen LogP contribution is -2.14. The van der Waals surface area contributed by atoms with E-state index in [9.17, 15) is 0 Å². The molecule has 0 spiro atoms. The molecule has 0 fully saturated rings. The number of aromatic nitrogens is 2. The molecule has 0 aliphatic heterocycles. The molecule has 14 aromatic carbocycles. The summed E-state index contributed by atoms with van der Waals surface area (Å²) in [6.07, 6.45) is 0. The zero-order valence-corrected chi connectivity index (χ0v) is 60.3. The maximum absolute atomic E-state index is 6.66. The Kier molecular flexibility index (Phi) is 12.7. The average Bonchev–Trinajstić information content (AvgIpc) is 1.77. The van der Waals surface area contributed by atoms with Crippen LogP contribution in [0.4, 0.5) is 0 Å². The van der Waals surface area contributed by atoms with Gasteiger partial charge in [0.1, 0.15) is 0 Å². The topological polar surface area (TPSA) is 38.9 Å². The first-order chi connectivity index (χ1) is 50.0. The van der Waals surface area contributed by atoms with Gasteiger partial charge in [0.25, 0.3) is 0 Å². The molecule has 0 bridgehead atoms. The molecule has 490 valence electrons. The Labute approximate surface area is 608 Å². The summed E-state index contributed by atoms with van der Waals surface area (Å²) in [6, 6.07) is 106. The van der Waals surface area contributed by atoms with Gasteiger partial charge in [-0.15, -0.1) is 32.9 Å². The number of benzene rings is 14. The summed E-state index contributed by atoms with van der Waals surface area (Å²) in [7, 11) is 0. The minimum atomic E-state index is -0.127. The van der Waals surface area contributed by atoms with Crippen LogP contribution in [-0.2, 0) is 21.7 Å². The molecule has 21 rings (SSSR count). The monoisotopic (exact) mass is 1350 g/mol. The van der Waals surface area contributed by atoms with Crippen LogP contribution in [0, 0.1) is 0 Å². The molecule has 0 N–H and O–H groups in total. The summed E-state index contributed by atoms with van der Waals surface area (Å²) in [5.41, 5.74) is 37.4. The van der Waals surface area contributed by atoms with Gasteiger partial charge in [0.2, 0.25) is 11.8 Å². The van der Waals surface area contributed by atoms with Crippen LogP contribution in [0.5, 0.6) is 0 Å². The highest BCUT2D eigenvalue weighted by molar-refractivity contribution is 7.26. The van der Waals surface area contributed by atoms with Gasteiger partial charge in [-0.3, -0.25) is 0 Å². The van der Waals surface area contributed by atoms with Gasteiger partial charge in [-0.1, -0.05) is 237 Å². The first-order valence-electron chi connectivity index (χ1n) is 36.1. The van der Waals surface area contributed by atoms with Crippen LogP contribution in [0.1, 0.15) is 99.9 Å². The van der Waals surface area contributed by atoms with Gasteiger partial charge < -0.3 is 4.42 Å². The Morgan fingerprint density at radius 1 is 0.214 bits per heavy atom. The fourth-order valence-electron chi connectivity index (χ4n) is 18.5. The quantitative estimate of drug-likeness (QED) is 0.152. The van der Waals surface area contributed by atoms with Crippen molar-refractivity contribution < 1.29 is 4.42 Å². The van der Waals surface area contributed by atoms with Crippen LogP contribution in [-0.4, -0.2) is 10.2 Å². The summed E-state index contributed by atoms with van der Waals surface area (Å²) in [6.45, 7) is 18.9. The number of rotatable bonds is 8. The molecule has 4 aliphatic carbocycles. The lowest BCUT2D eigenvalue weighted by molar-refractivity contribution is 0.584. The van der Waals surface area contributed by atoms with E-state index in [0.717, 1.165) is 22.3 Å². The fourth-order valence-corrected chi connectivity index (χ4v) is 20.9. The first kappa shape index (κ1) is 60.4. The van der Waals surface area contributed by atoms with Crippen LogP contribution in [0.15, 0.2) is 283 Å². The van der Waals surface area contributed by atoms with Crippen molar-refractivity contribution in [2.24, 2.45) is 0 Å². The molecule has 4 aliphatic rings. The molecule has 0 saturated heterocycles. The number of fused-ring (bicyclic) bond motifs is 18. The Morgan fingerprint density at radius 2 is 0.466 bits per heavy atom. The van der Waals surface area contributed by atoms with E-state index in [4.69, 9.17) is 14.6 Å². The third-order valence-corrected chi connectivity index (χ3v) is 26.6. The Hall–Kier alpha value is -11.3. The predicted octanol–water partition coefficient (Wildman–Crippen LogP) is 27.4. The molecular formula is C98H70N2OS2. The lowest BCUT2D eigenvalue weighted by atomic mass is 9.81. The summed E-state index contributed by atoms with van der Waals surface area (Å²) >= 11 is 3.76. The van der Waals surface area contributed by atoms with Crippen molar-refractivity contribution in [2.75, 3.05) is 0 Å². The largest absolute Gasteiger partial charge is 0.416 e. The fraction of sp³-hybridized carbons (Fsp3) is 0.122. The van der Waals surface area contributed by atoms with Crippen molar-refractivity contribution in [1.82, 2.24) is 10.2 Å². The lowest BCUT2D eigenvalue weighted by Gasteiger charge is -2.22. The second-order valence-corrected chi connectivity index (χ2v) is 33.3. The van der Waals surface area contributed by atoms with Crippen molar-refractivity contribution in [1.29, 1.82) is 0 Å². The van der Waals surface area contributed by atoms with Gasteiger partial charge in [-0.2, -0.15) is 0 Å². The molecular weight excluding hydrogens is 1290 g/mol. The van der Waals surface area contributed by atoms with Gasteiger partial charge in [-0.25, -0.2) is 0 Å². The molecule has 17 aromatic rings. The first-order valence-corrected chi connectivity index (χ1v) is 37.7. The predicted molar refractivity (Wildman–Crippen MR) is 434 cm³/mol. The molecule has 5 heteroatoms. The van der Waals surface area contributed by atoms with Crippen molar-refractivity contribution >= 4 is 63.0 Å². The summed E-state index contributed by atoms with van der Waals surface area (Å²) < 4.78 is 11.7. The Bertz CT molecular complexity index is 6150. The van der Waals surface area contributed by atoms with E-state index < -0.39 is 0 Å². The highest BCUT2D eigenvalue weighted by Crippen LogP contribution is 2.56. The third kappa shape index (κ3) is 8.86. The number of hydrogen-bond donors (Lipinski definition) is 0. The number of nitrogens with zero attached hydrogens (tertiary/aromatic N) is 2. The maximum atomic E-state index is 6.66. The Morgan fingerprint density at radius 3 is 0.796 bits per heavy atom.